The first-order chi connectivity index (χ1) is 15.3. The predicted molar refractivity (Wildman–Crippen MR) is 138 cm³/mol. The lowest BCUT2D eigenvalue weighted by Gasteiger charge is -2.58. The van der Waals surface area contributed by atoms with Gasteiger partial charge in [0.1, 0.15) is 0 Å². The maximum atomic E-state index is 13.7. The van der Waals surface area contributed by atoms with Crippen LogP contribution in [-0.2, 0) is 9.53 Å². The monoisotopic (exact) mass is 456 g/mol. The van der Waals surface area contributed by atoms with E-state index in [1.165, 1.54) is 56.9 Å². The maximum Gasteiger partial charge on any atom is 0.159 e. The van der Waals surface area contributed by atoms with Crippen LogP contribution in [0.1, 0.15) is 120 Å². The molecule has 8 atom stereocenters. The molecule has 0 aliphatic heterocycles. The molecule has 0 aromatic carbocycles. The van der Waals surface area contributed by atoms with Crippen molar-refractivity contribution in [2.45, 2.75) is 131 Å². The number of carbonyl (C=O) groups excluding carboxylic acids is 1. The van der Waals surface area contributed by atoms with Crippen LogP contribution in [0.25, 0.3) is 0 Å². The molecule has 4 aliphatic carbocycles. The third-order valence-electron chi connectivity index (χ3n) is 10.6. The summed E-state index contributed by atoms with van der Waals surface area (Å²) in [5.41, 5.74) is 1.87. The summed E-state index contributed by atoms with van der Waals surface area (Å²) in [7, 11) is 0. The van der Waals surface area contributed by atoms with Gasteiger partial charge in [0, 0.05) is 5.92 Å². The summed E-state index contributed by atoms with van der Waals surface area (Å²) in [6.45, 7) is 18.7. The largest absolute Gasteiger partial charge is 0.372 e. The van der Waals surface area contributed by atoms with Gasteiger partial charge in [-0.05, 0) is 112 Å². The van der Waals surface area contributed by atoms with Gasteiger partial charge in [0.05, 0.1) is 11.7 Å². The first-order valence-electron chi connectivity index (χ1n) is 14.3. The van der Waals surface area contributed by atoms with E-state index in [4.69, 9.17) is 4.74 Å². The molecule has 0 aromatic heterocycles. The fourth-order valence-electron chi connectivity index (χ4n) is 8.99. The van der Waals surface area contributed by atoms with Crippen LogP contribution in [0.5, 0.6) is 0 Å². The van der Waals surface area contributed by atoms with Gasteiger partial charge in [-0.15, -0.1) is 0 Å². The standard InChI is InChI=1S/C31H52O2/c1-20(2)10-9-11-21(3)24-12-13-25-28-26(15-17-31(24,25)8)30(7)16-14-23(33-29(4,5)6)18-22(30)19-27(28)32/h19-21,23-26,28H,9-18H2,1-8H3/t21-,23+,24-,25-,26-,28-,30+,31-/m1/s1. The molecule has 33 heavy (non-hydrogen) atoms. The fourth-order valence-corrected chi connectivity index (χ4v) is 8.99. The van der Waals surface area contributed by atoms with Crippen LogP contribution in [0.2, 0.25) is 0 Å². The van der Waals surface area contributed by atoms with E-state index in [1.807, 2.05) is 0 Å². The zero-order valence-electron chi connectivity index (χ0n) is 23.0. The molecule has 4 aliphatic rings. The number of allylic oxidation sites excluding steroid dienone is 1. The van der Waals surface area contributed by atoms with Crippen LogP contribution in [0.15, 0.2) is 11.6 Å². The summed E-state index contributed by atoms with van der Waals surface area (Å²) < 4.78 is 6.36. The van der Waals surface area contributed by atoms with Crippen molar-refractivity contribution in [2.24, 2.45) is 46.3 Å². The van der Waals surface area contributed by atoms with Crippen molar-refractivity contribution in [2.75, 3.05) is 0 Å². The highest BCUT2D eigenvalue weighted by molar-refractivity contribution is 5.94. The van der Waals surface area contributed by atoms with Gasteiger partial charge in [0.25, 0.3) is 0 Å². The first kappa shape index (κ1) is 25.5. The Morgan fingerprint density at radius 3 is 2.39 bits per heavy atom. The lowest BCUT2D eigenvalue weighted by Crippen LogP contribution is -2.54. The van der Waals surface area contributed by atoms with Gasteiger partial charge in [-0.2, -0.15) is 0 Å². The summed E-state index contributed by atoms with van der Waals surface area (Å²) in [4.78, 5) is 13.7. The molecule has 0 bridgehead atoms. The third kappa shape index (κ3) is 4.76. The topological polar surface area (TPSA) is 26.3 Å². The Bertz CT molecular complexity index is 757. The van der Waals surface area contributed by atoms with Crippen molar-refractivity contribution in [1.29, 1.82) is 0 Å². The molecule has 0 spiro atoms. The molecule has 0 heterocycles. The molecular weight excluding hydrogens is 404 g/mol. The van der Waals surface area contributed by atoms with Crippen LogP contribution >= 0.6 is 0 Å². The molecule has 2 heteroatoms. The van der Waals surface area contributed by atoms with Crippen molar-refractivity contribution in [3.8, 4) is 0 Å². The summed E-state index contributed by atoms with van der Waals surface area (Å²) in [6.07, 6.45) is 14.9. The van der Waals surface area contributed by atoms with E-state index in [0.29, 0.717) is 23.0 Å². The minimum Gasteiger partial charge on any atom is -0.372 e. The Labute approximate surface area is 204 Å². The molecule has 3 saturated carbocycles. The van der Waals surface area contributed by atoms with Crippen molar-refractivity contribution >= 4 is 5.78 Å². The van der Waals surface area contributed by atoms with Crippen LogP contribution in [0.4, 0.5) is 0 Å². The zero-order valence-corrected chi connectivity index (χ0v) is 23.0. The molecule has 0 amide bonds. The Hall–Kier alpha value is -0.630. The van der Waals surface area contributed by atoms with Gasteiger partial charge in [0.15, 0.2) is 5.78 Å². The van der Waals surface area contributed by atoms with Gasteiger partial charge in [-0.1, -0.05) is 59.5 Å². The molecule has 3 fully saturated rings. The van der Waals surface area contributed by atoms with Crippen LogP contribution in [0, 0.1) is 46.3 Å². The molecule has 0 unspecified atom stereocenters. The molecule has 2 nitrogen and oxygen atoms in total. The van der Waals surface area contributed by atoms with Gasteiger partial charge in [-0.3, -0.25) is 4.79 Å². The van der Waals surface area contributed by atoms with E-state index in [1.54, 1.807) is 0 Å². The molecular formula is C31H52O2. The Morgan fingerprint density at radius 2 is 1.73 bits per heavy atom. The minimum absolute atomic E-state index is 0.114. The summed E-state index contributed by atoms with van der Waals surface area (Å²) in [6, 6.07) is 0. The van der Waals surface area contributed by atoms with Gasteiger partial charge < -0.3 is 4.74 Å². The third-order valence-corrected chi connectivity index (χ3v) is 10.6. The number of carbonyl (C=O) groups is 1. The number of ether oxygens (including phenoxy) is 1. The van der Waals surface area contributed by atoms with Gasteiger partial charge >= 0.3 is 0 Å². The van der Waals surface area contributed by atoms with Crippen molar-refractivity contribution in [3.05, 3.63) is 11.6 Å². The van der Waals surface area contributed by atoms with E-state index < -0.39 is 0 Å². The average Bonchev–Trinajstić information content (AvgIpc) is 3.05. The highest BCUT2D eigenvalue weighted by Crippen LogP contribution is 2.66. The molecule has 188 valence electrons. The summed E-state index contributed by atoms with van der Waals surface area (Å²) in [5.74, 6) is 4.29. The Morgan fingerprint density at radius 1 is 1.00 bits per heavy atom. The van der Waals surface area contributed by atoms with E-state index in [9.17, 15) is 4.79 Å². The number of hydrogen-bond donors (Lipinski definition) is 0. The SMILES string of the molecule is CC(C)CCC[C@@H](C)[C@H]1CC[C@@H]2[C@H]3C(=O)C=C4C[C@@H](OC(C)(C)C)CC[C@]4(C)[C@@H]3CC[C@@]21C. The smallest absolute Gasteiger partial charge is 0.159 e. The second kappa shape index (κ2) is 9.11. The number of rotatable bonds is 6. The molecule has 0 aromatic rings. The quantitative estimate of drug-likeness (QED) is 0.401. The highest BCUT2D eigenvalue weighted by atomic mass is 16.5. The lowest BCUT2D eigenvalue weighted by atomic mass is 9.46. The van der Waals surface area contributed by atoms with E-state index in [0.717, 1.165) is 30.6 Å². The normalized spacial score (nSPS) is 41.9. The zero-order chi connectivity index (χ0) is 24.2. The van der Waals surface area contributed by atoms with E-state index >= 15 is 0 Å². The van der Waals surface area contributed by atoms with E-state index in [2.05, 4.69) is 61.5 Å². The second-order valence-electron chi connectivity index (χ2n) is 14.4. The van der Waals surface area contributed by atoms with Crippen LogP contribution in [-0.4, -0.2) is 17.5 Å². The Balaban J connectivity index is 1.51. The van der Waals surface area contributed by atoms with Crippen LogP contribution in [0.3, 0.4) is 0 Å². The maximum absolute atomic E-state index is 13.7. The second-order valence-corrected chi connectivity index (χ2v) is 14.4. The fraction of sp³-hybridized carbons (Fsp3) is 0.903. The Kier molecular flexibility index (Phi) is 7.03. The molecule has 0 saturated heterocycles. The van der Waals surface area contributed by atoms with Crippen molar-refractivity contribution in [1.82, 2.24) is 0 Å². The summed E-state index contributed by atoms with van der Waals surface area (Å²) >= 11 is 0. The first-order valence-corrected chi connectivity index (χ1v) is 14.3. The number of ketones is 1. The van der Waals surface area contributed by atoms with Crippen molar-refractivity contribution in [3.63, 3.8) is 0 Å². The highest BCUT2D eigenvalue weighted by Gasteiger charge is 2.61. The number of fused-ring (bicyclic) bond motifs is 5. The summed E-state index contributed by atoms with van der Waals surface area (Å²) in [5, 5.41) is 0. The minimum atomic E-state index is -0.114. The average molecular weight is 457 g/mol. The number of hydrogen-bond acceptors (Lipinski definition) is 2. The lowest BCUT2D eigenvalue weighted by molar-refractivity contribution is -0.137. The predicted octanol–water partition coefficient (Wildman–Crippen LogP) is 8.39. The van der Waals surface area contributed by atoms with Crippen molar-refractivity contribution < 1.29 is 9.53 Å². The van der Waals surface area contributed by atoms with Gasteiger partial charge in [0.2, 0.25) is 0 Å². The van der Waals surface area contributed by atoms with E-state index in [-0.39, 0.29) is 23.0 Å². The van der Waals surface area contributed by atoms with Gasteiger partial charge in [-0.25, -0.2) is 0 Å². The molecule has 0 radical (unpaired) electrons. The molecule has 0 N–H and O–H groups in total. The molecule has 4 rings (SSSR count). The van der Waals surface area contributed by atoms with Crippen LogP contribution < -0.4 is 0 Å².